The summed E-state index contributed by atoms with van der Waals surface area (Å²) in [7, 11) is -1.52. The fourth-order valence-electron chi connectivity index (χ4n) is 1.88. The van der Waals surface area contributed by atoms with Gasteiger partial charge in [-0.05, 0) is 20.3 Å². The molecule has 0 aliphatic carbocycles. The van der Waals surface area contributed by atoms with Crippen LogP contribution >= 0.6 is 0 Å². The molecule has 0 spiro atoms. The van der Waals surface area contributed by atoms with Crippen molar-refractivity contribution in [2.75, 3.05) is 18.6 Å². The first-order valence-electron chi connectivity index (χ1n) is 6.10. The first kappa shape index (κ1) is 15.7. The lowest BCUT2D eigenvalue weighted by molar-refractivity contribution is -0.141. The number of nitrogens with one attached hydrogen (secondary N) is 1. The van der Waals surface area contributed by atoms with Gasteiger partial charge < -0.3 is 15.3 Å². The fraction of sp³-hybridized carbons (Fsp3) is 0.818. The minimum Gasteiger partial charge on any atom is -0.481 e. The Labute approximate surface area is 112 Å². The van der Waals surface area contributed by atoms with E-state index in [2.05, 4.69) is 5.32 Å². The average Bonchev–Trinajstić information content (AvgIpc) is 2.67. The summed E-state index contributed by atoms with van der Waals surface area (Å²) in [6, 6.07) is -1.30. The Balaban J connectivity index is 2.57. The summed E-state index contributed by atoms with van der Waals surface area (Å²) in [4.78, 5) is 24.0. The van der Waals surface area contributed by atoms with Crippen molar-refractivity contribution < 1.29 is 23.1 Å². The number of hydrogen-bond acceptors (Lipinski definition) is 4. The van der Waals surface area contributed by atoms with Gasteiger partial charge >= 0.3 is 12.0 Å². The van der Waals surface area contributed by atoms with Gasteiger partial charge in [0.25, 0.3) is 0 Å². The van der Waals surface area contributed by atoms with E-state index in [0.717, 1.165) is 0 Å². The highest BCUT2D eigenvalue weighted by Crippen LogP contribution is 2.16. The summed E-state index contributed by atoms with van der Waals surface area (Å²) < 4.78 is 22.7. The lowest BCUT2D eigenvalue weighted by atomic mass is 10.0. The summed E-state index contributed by atoms with van der Waals surface area (Å²) in [5, 5.41) is 11.4. The molecule has 0 bridgehead atoms. The van der Waals surface area contributed by atoms with Crippen molar-refractivity contribution in [3.8, 4) is 0 Å². The Morgan fingerprint density at radius 1 is 1.37 bits per heavy atom. The van der Waals surface area contributed by atoms with Gasteiger partial charge in [-0.2, -0.15) is 0 Å². The molecular formula is C11H20N2O5S. The number of sulfone groups is 1. The second-order valence-corrected chi connectivity index (χ2v) is 7.26. The molecule has 2 N–H and O–H groups in total. The maximum Gasteiger partial charge on any atom is 0.317 e. The van der Waals surface area contributed by atoms with Crippen LogP contribution in [0.4, 0.5) is 4.79 Å². The van der Waals surface area contributed by atoms with E-state index in [1.165, 1.54) is 18.9 Å². The van der Waals surface area contributed by atoms with Crippen LogP contribution in [-0.2, 0) is 14.6 Å². The number of aliphatic carboxylic acids is 1. The molecule has 0 saturated carbocycles. The standard InChI is InChI=1S/C11H20N2O5S/c1-7(10(14)15)8(2)12-11(16)13(3)9-4-5-19(17,18)6-9/h7-9H,4-6H2,1-3H3,(H,12,16)(H,14,15). The quantitative estimate of drug-likeness (QED) is 0.754. The topological polar surface area (TPSA) is 104 Å². The van der Waals surface area contributed by atoms with Gasteiger partial charge in [-0.1, -0.05) is 0 Å². The number of nitrogens with zero attached hydrogens (tertiary/aromatic N) is 1. The average molecular weight is 292 g/mol. The lowest BCUT2D eigenvalue weighted by Gasteiger charge is -2.27. The SMILES string of the molecule is CC(NC(=O)N(C)C1CCS(=O)(=O)C1)C(C)C(=O)O. The van der Waals surface area contributed by atoms with Gasteiger partial charge in [0.1, 0.15) is 0 Å². The maximum atomic E-state index is 11.9. The Kier molecular flexibility index (Phi) is 4.78. The molecule has 1 saturated heterocycles. The molecular weight excluding hydrogens is 272 g/mol. The third kappa shape index (κ3) is 4.09. The molecule has 1 heterocycles. The number of carboxylic acid groups (broad SMARTS) is 1. The normalized spacial score (nSPS) is 24.5. The molecule has 1 aliphatic rings. The molecule has 0 radical (unpaired) electrons. The van der Waals surface area contributed by atoms with Crippen molar-refractivity contribution in [2.24, 2.45) is 5.92 Å². The Morgan fingerprint density at radius 3 is 2.37 bits per heavy atom. The van der Waals surface area contributed by atoms with E-state index in [1.807, 2.05) is 0 Å². The number of rotatable bonds is 4. The van der Waals surface area contributed by atoms with Gasteiger partial charge in [0.2, 0.25) is 0 Å². The molecule has 1 rings (SSSR count). The Bertz CT molecular complexity index is 462. The van der Waals surface area contributed by atoms with Crippen LogP contribution in [-0.4, -0.2) is 61.1 Å². The van der Waals surface area contributed by atoms with E-state index < -0.39 is 33.8 Å². The van der Waals surface area contributed by atoms with Crippen LogP contribution < -0.4 is 5.32 Å². The van der Waals surface area contributed by atoms with Gasteiger partial charge in [0, 0.05) is 19.1 Å². The van der Waals surface area contributed by atoms with Crippen LogP contribution in [0.5, 0.6) is 0 Å². The van der Waals surface area contributed by atoms with Crippen LogP contribution in [0, 0.1) is 5.92 Å². The van der Waals surface area contributed by atoms with Crippen LogP contribution in [0.3, 0.4) is 0 Å². The Morgan fingerprint density at radius 2 is 1.95 bits per heavy atom. The van der Waals surface area contributed by atoms with Crippen LogP contribution in [0.1, 0.15) is 20.3 Å². The monoisotopic (exact) mass is 292 g/mol. The van der Waals surface area contributed by atoms with E-state index >= 15 is 0 Å². The zero-order chi connectivity index (χ0) is 14.8. The van der Waals surface area contributed by atoms with Gasteiger partial charge in [-0.25, -0.2) is 13.2 Å². The van der Waals surface area contributed by atoms with Gasteiger partial charge in [0.15, 0.2) is 9.84 Å². The van der Waals surface area contributed by atoms with Crippen molar-refractivity contribution in [3.05, 3.63) is 0 Å². The molecule has 0 aromatic rings. The molecule has 110 valence electrons. The predicted octanol–water partition coefficient (Wildman–Crippen LogP) is -0.0759. The number of carbonyl (C=O) groups is 2. The molecule has 0 aromatic heterocycles. The maximum absolute atomic E-state index is 11.9. The zero-order valence-electron chi connectivity index (χ0n) is 11.3. The second-order valence-electron chi connectivity index (χ2n) is 5.03. The summed E-state index contributed by atoms with van der Waals surface area (Å²) in [6.45, 7) is 3.11. The lowest BCUT2D eigenvalue weighted by Crippen LogP contribution is -2.49. The van der Waals surface area contributed by atoms with Gasteiger partial charge in [-0.3, -0.25) is 4.79 Å². The zero-order valence-corrected chi connectivity index (χ0v) is 12.1. The number of hydrogen-bond donors (Lipinski definition) is 2. The summed E-state index contributed by atoms with van der Waals surface area (Å²) >= 11 is 0. The van der Waals surface area contributed by atoms with E-state index in [1.54, 1.807) is 6.92 Å². The van der Waals surface area contributed by atoms with E-state index in [0.29, 0.717) is 6.42 Å². The second kappa shape index (κ2) is 5.77. The minimum absolute atomic E-state index is 0.0280. The van der Waals surface area contributed by atoms with Crippen molar-refractivity contribution >= 4 is 21.8 Å². The van der Waals surface area contributed by atoms with Crippen LogP contribution in [0.25, 0.3) is 0 Å². The molecule has 1 aliphatic heterocycles. The molecule has 1 fully saturated rings. The number of amides is 2. The smallest absolute Gasteiger partial charge is 0.317 e. The first-order valence-corrected chi connectivity index (χ1v) is 7.92. The van der Waals surface area contributed by atoms with Gasteiger partial charge in [-0.15, -0.1) is 0 Å². The van der Waals surface area contributed by atoms with Crippen molar-refractivity contribution in [3.63, 3.8) is 0 Å². The highest BCUT2D eigenvalue weighted by Gasteiger charge is 2.33. The van der Waals surface area contributed by atoms with Gasteiger partial charge in [0.05, 0.1) is 17.4 Å². The summed E-state index contributed by atoms with van der Waals surface area (Å²) in [5.74, 6) is -1.63. The molecule has 0 aromatic carbocycles. The summed E-state index contributed by atoms with van der Waals surface area (Å²) in [5.41, 5.74) is 0. The van der Waals surface area contributed by atoms with E-state index in [-0.39, 0.29) is 17.5 Å². The van der Waals surface area contributed by atoms with E-state index in [4.69, 9.17) is 5.11 Å². The number of carbonyl (C=O) groups excluding carboxylic acids is 1. The van der Waals surface area contributed by atoms with Crippen LogP contribution in [0.2, 0.25) is 0 Å². The highest BCUT2D eigenvalue weighted by atomic mass is 32.2. The predicted molar refractivity (Wildman–Crippen MR) is 69.6 cm³/mol. The van der Waals surface area contributed by atoms with Crippen molar-refractivity contribution in [1.82, 2.24) is 10.2 Å². The highest BCUT2D eigenvalue weighted by molar-refractivity contribution is 7.91. The van der Waals surface area contributed by atoms with Crippen molar-refractivity contribution in [1.29, 1.82) is 0 Å². The molecule has 8 heteroatoms. The molecule has 7 nitrogen and oxygen atoms in total. The number of urea groups is 1. The molecule has 19 heavy (non-hydrogen) atoms. The Hall–Kier alpha value is -1.31. The van der Waals surface area contributed by atoms with E-state index in [9.17, 15) is 18.0 Å². The third-order valence-corrected chi connectivity index (χ3v) is 5.32. The van der Waals surface area contributed by atoms with Crippen LogP contribution in [0.15, 0.2) is 0 Å². The third-order valence-electron chi connectivity index (χ3n) is 3.57. The molecule has 3 atom stereocenters. The molecule has 3 unspecified atom stereocenters. The fourth-order valence-corrected chi connectivity index (χ4v) is 3.66. The largest absolute Gasteiger partial charge is 0.481 e. The molecule has 2 amide bonds. The first-order chi connectivity index (χ1) is 8.64. The minimum atomic E-state index is -3.05. The number of carboxylic acids is 1. The summed E-state index contributed by atoms with van der Waals surface area (Å²) in [6.07, 6.45) is 0.426. The van der Waals surface area contributed by atoms with Crippen molar-refractivity contribution in [2.45, 2.75) is 32.4 Å².